The van der Waals surface area contributed by atoms with Gasteiger partial charge >= 0.3 is 5.97 Å². The summed E-state index contributed by atoms with van der Waals surface area (Å²) < 4.78 is 7.31. The topological polar surface area (TPSA) is 64.4 Å². The lowest BCUT2D eigenvalue weighted by atomic mass is 10.3. The molecule has 18 heavy (non-hydrogen) atoms. The summed E-state index contributed by atoms with van der Waals surface area (Å²) >= 11 is 0. The van der Waals surface area contributed by atoms with E-state index in [1.807, 2.05) is 30.3 Å². The molecule has 94 valence electrons. The smallest absolute Gasteiger partial charge is 0.309 e. The second kappa shape index (κ2) is 5.35. The average molecular weight is 246 g/mol. The van der Waals surface area contributed by atoms with Crippen LogP contribution in [0.2, 0.25) is 0 Å². The van der Waals surface area contributed by atoms with Crippen molar-refractivity contribution in [2.24, 2.45) is 7.05 Å². The van der Waals surface area contributed by atoms with Gasteiger partial charge in [-0.15, -0.1) is 0 Å². The second-order valence-electron chi connectivity index (χ2n) is 3.90. The minimum absolute atomic E-state index is 0.0329. The van der Waals surface area contributed by atoms with Gasteiger partial charge in [0.05, 0.1) is 6.42 Å². The third-order valence-corrected chi connectivity index (χ3v) is 2.62. The Hall–Kier alpha value is -2.30. The molecule has 0 saturated carbocycles. The summed E-state index contributed by atoms with van der Waals surface area (Å²) in [6, 6.07) is 9.42. The lowest BCUT2D eigenvalue weighted by Crippen LogP contribution is -2.09. The first-order valence-corrected chi connectivity index (χ1v) is 5.56. The second-order valence-corrected chi connectivity index (χ2v) is 3.90. The van der Waals surface area contributed by atoms with Crippen molar-refractivity contribution < 1.29 is 14.6 Å². The van der Waals surface area contributed by atoms with Gasteiger partial charge < -0.3 is 14.4 Å². The van der Waals surface area contributed by atoms with E-state index in [0.29, 0.717) is 18.1 Å². The van der Waals surface area contributed by atoms with Crippen LogP contribution in [0.1, 0.15) is 11.5 Å². The molecule has 2 rings (SSSR count). The third kappa shape index (κ3) is 2.88. The number of ether oxygens (including phenoxy) is 1. The molecule has 0 radical (unpaired) electrons. The summed E-state index contributed by atoms with van der Waals surface area (Å²) in [7, 11) is 1.79. The highest BCUT2D eigenvalue weighted by Gasteiger charge is 2.09. The summed E-state index contributed by atoms with van der Waals surface area (Å²) in [5.74, 6) is 0.601. The molecule has 1 aromatic heterocycles. The molecule has 0 unspecified atom stereocenters. The standard InChI is InChI=1S/C13H14N2O3/c1-15-10(7-13(16)17)8-14-12(15)9-18-11-5-3-2-4-6-11/h2-6,8H,7,9H2,1H3,(H,16,17). The lowest BCUT2D eigenvalue weighted by Gasteiger charge is -2.07. The number of benzene rings is 1. The van der Waals surface area contributed by atoms with Crippen LogP contribution < -0.4 is 4.74 Å². The van der Waals surface area contributed by atoms with Crippen molar-refractivity contribution in [3.63, 3.8) is 0 Å². The molecule has 0 aliphatic rings. The number of aliphatic carboxylic acids is 1. The minimum atomic E-state index is -0.867. The van der Waals surface area contributed by atoms with E-state index in [9.17, 15) is 4.79 Å². The van der Waals surface area contributed by atoms with Gasteiger partial charge in [-0.05, 0) is 12.1 Å². The number of carbonyl (C=O) groups is 1. The largest absolute Gasteiger partial charge is 0.486 e. The van der Waals surface area contributed by atoms with Crippen LogP contribution >= 0.6 is 0 Å². The Morgan fingerprint density at radius 2 is 2.11 bits per heavy atom. The molecule has 5 heteroatoms. The van der Waals surface area contributed by atoms with Crippen molar-refractivity contribution in [1.29, 1.82) is 0 Å². The van der Waals surface area contributed by atoms with Gasteiger partial charge in [0, 0.05) is 18.9 Å². The van der Waals surface area contributed by atoms with E-state index >= 15 is 0 Å². The summed E-state index contributed by atoms with van der Waals surface area (Å²) in [5.41, 5.74) is 0.661. The molecule has 5 nitrogen and oxygen atoms in total. The van der Waals surface area contributed by atoms with E-state index in [0.717, 1.165) is 5.75 Å². The van der Waals surface area contributed by atoms with Gasteiger partial charge in [-0.25, -0.2) is 4.98 Å². The van der Waals surface area contributed by atoms with Crippen LogP contribution in [-0.2, 0) is 24.9 Å². The number of carboxylic acids is 1. The Kier molecular flexibility index (Phi) is 3.62. The first-order chi connectivity index (χ1) is 8.66. The van der Waals surface area contributed by atoms with Crippen molar-refractivity contribution in [2.45, 2.75) is 13.0 Å². The summed E-state index contributed by atoms with van der Waals surface area (Å²) in [5, 5.41) is 8.74. The predicted molar refractivity (Wildman–Crippen MR) is 65.3 cm³/mol. The fourth-order valence-electron chi connectivity index (χ4n) is 1.61. The van der Waals surface area contributed by atoms with E-state index < -0.39 is 5.97 Å². The summed E-state index contributed by atoms with van der Waals surface area (Å²) in [6.45, 7) is 0.320. The van der Waals surface area contributed by atoms with Crippen LogP contribution in [0.25, 0.3) is 0 Å². The molecule has 0 saturated heterocycles. The van der Waals surface area contributed by atoms with Crippen molar-refractivity contribution in [2.75, 3.05) is 0 Å². The van der Waals surface area contributed by atoms with Crippen molar-refractivity contribution in [3.8, 4) is 5.75 Å². The van der Waals surface area contributed by atoms with Gasteiger partial charge in [0.15, 0.2) is 0 Å². The third-order valence-electron chi connectivity index (χ3n) is 2.62. The molecule has 0 aliphatic heterocycles. The van der Waals surface area contributed by atoms with Crippen LogP contribution in [0, 0.1) is 0 Å². The van der Waals surface area contributed by atoms with Crippen LogP contribution in [-0.4, -0.2) is 20.6 Å². The molecule has 1 aromatic carbocycles. The van der Waals surface area contributed by atoms with E-state index in [4.69, 9.17) is 9.84 Å². The average Bonchev–Trinajstić information content (AvgIpc) is 2.69. The SMILES string of the molecule is Cn1c(CC(=O)O)cnc1COc1ccccc1. The zero-order valence-corrected chi connectivity index (χ0v) is 10.0. The molecule has 0 aliphatic carbocycles. The monoisotopic (exact) mass is 246 g/mol. The first-order valence-electron chi connectivity index (χ1n) is 5.56. The molecule has 0 amide bonds. The fraction of sp³-hybridized carbons (Fsp3) is 0.231. The summed E-state index contributed by atoms with van der Waals surface area (Å²) in [4.78, 5) is 14.8. The van der Waals surface area contributed by atoms with E-state index in [1.165, 1.54) is 0 Å². The van der Waals surface area contributed by atoms with Crippen LogP contribution in [0.5, 0.6) is 5.75 Å². The zero-order chi connectivity index (χ0) is 13.0. The Morgan fingerprint density at radius 3 is 2.78 bits per heavy atom. The maximum Gasteiger partial charge on any atom is 0.309 e. The van der Waals surface area contributed by atoms with Crippen molar-refractivity contribution in [3.05, 3.63) is 48.0 Å². The van der Waals surface area contributed by atoms with E-state index in [2.05, 4.69) is 4.98 Å². The highest BCUT2D eigenvalue weighted by molar-refractivity contribution is 5.69. The number of hydrogen-bond acceptors (Lipinski definition) is 3. The minimum Gasteiger partial charge on any atom is -0.486 e. The summed E-state index contributed by atoms with van der Waals surface area (Å²) in [6.07, 6.45) is 1.53. The van der Waals surface area contributed by atoms with E-state index in [1.54, 1.807) is 17.8 Å². The molecular formula is C13H14N2O3. The first kappa shape index (κ1) is 12.2. The van der Waals surface area contributed by atoms with Gasteiger partial charge in [-0.2, -0.15) is 0 Å². The molecule has 1 N–H and O–H groups in total. The number of carboxylic acid groups (broad SMARTS) is 1. The Bertz CT molecular complexity index is 534. The van der Waals surface area contributed by atoms with E-state index in [-0.39, 0.29) is 6.42 Å². The van der Waals surface area contributed by atoms with Gasteiger partial charge in [-0.3, -0.25) is 4.79 Å². The van der Waals surface area contributed by atoms with Gasteiger partial charge in [0.1, 0.15) is 18.2 Å². The van der Waals surface area contributed by atoms with Crippen molar-refractivity contribution >= 4 is 5.97 Å². The molecule has 2 aromatic rings. The van der Waals surface area contributed by atoms with Crippen LogP contribution in [0.15, 0.2) is 36.5 Å². The van der Waals surface area contributed by atoms with Gasteiger partial charge in [-0.1, -0.05) is 18.2 Å². The number of nitrogens with zero attached hydrogens (tertiary/aromatic N) is 2. The van der Waals surface area contributed by atoms with Gasteiger partial charge in [0.2, 0.25) is 0 Å². The Morgan fingerprint density at radius 1 is 1.39 bits per heavy atom. The Labute approximate surface area is 105 Å². The number of para-hydroxylation sites is 1. The number of rotatable bonds is 5. The quantitative estimate of drug-likeness (QED) is 0.870. The number of imidazole rings is 1. The highest BCUT2D eigenvalue weighted by atomic mass is 16.5. The Balaban J connectivity index is 2.02. The molecule has 0 atom stereocenters. The predicted octanol–water partition coefficient (Wildman–Crippen LogP) is 1.63. The maximum atomic E-state index is 10.6. The maximum absolute atomic E-state index is 10.6. The molecule has 0 bridgehead atoms. The molecule has 1 heterocycles. The molecular weight excluding hydrogens is 232 g/mol. The lowest BCUT2D eigenvalue weighted by molar-refractivity contribution is -0.136. The fourth-order valence-corrected chi connectivity index (χ4v) is 1.61. The van der Waals surface area contributed by atoms with Crippen LogP contribution in [0.4, 0.5) is 0 Å². The van der Waals surface area contributed by atoms with Crippen LogP contribution in [0.3, 0.4) is 0 Å². The zero-order valence-electron chi connectivity index (χ0n) is 10.0. The van der Waals surface area contributed by atoms with Crippen molar-refractivity contribution in [1.82, 2.24) is 9.55 Å². The van der Waals surface area contributed by atoms with Gasteiger partial charge in [0.25, 0.3) is 0 Å². The highest BCUT2D eigenvalue weighted by Crippen LogP contribution is 2.12. The number of hydrogen-bond donors (Lipinski definition) is 1. The number of aromatic nitrogens is 2. The molecule has 0 spiro atoms. The normalized spacial score (nSPS) is 10.3. The molecule has 0 fully saturated rings.